The number of benzene rings is 2. The number of carbonyl (C=O) groups is 1. The van der Waals surface area contributed by atoms with Crippen LogP contribution in [-0.4, -0.2) is 55.8 Å². The quantitative estimate of drug-likeness (QED) is 0.402. The van der Waals surface area contributed by atoms with Gasteiger partial charge in [0, 0.05) is 31.9 Å². The van der Waals surface area contributed by atoms with Crippen LogP contribution in [0.15, 0.2) is 36.4 Å². The second kappa shape index (κ2) is 11.5. The van der Waals surface area contributed by atoms with Gasteiger partial charge in [0.05, 0.1) is 12.2 Å². The molecule has 0 saturated carbocycles. The third kappa shape index (κ3) is 7.15. The molecule has 198 valence electrons. The van der Waals surface area contributed by atoms with Gasteiger partial charge < -0.3 is 14.4 Å². The largest absolute Gasteiger partial charge is 0.476 e. The molecule has 0 radical (unpaired) electrons. The van der Waals surface area contributed by atoms with E-state index in [0.717, 1.165) is 80.3 Å². The first-order valence-corrected chi connectivity index (χ1v) is 12.5. The van der Waals surface area contributed by atoms with Crippen molar-refractivity contribution in [2.75, 3.05) is 44.2 Å². The zero-order chi connectivity index (χ0) is 26.5. The van der Waals surface area contributed by atoms with Crippen molar-refractivity contribution in [1.82, 2.24) is 4.90 Å². The van der Waals surface area contributed by atoms with E-state index < -0.39 is 17.3 Å². The highest BCUT2D eigenvalue weighted by Gasteiger charge is 2.33. The van der Waals surface area contributed by atoms with Crippen LogP contribution in [-0.2, 0) is 22.1 Å². The van der Waals surface area contributed by atoms with Gasteiger partial charge >= 0.3 is 12.1 Å². The molecule has 0 spiro atoms. The van der Waals surface area contributed by atoms with Crippen molar-refractivity contribution in [3.05, 3.63) is 58.7 Å². The summed E-state index contributed by atoms with van der Waals surface area (Å²) in [5.41, 5.74) is 2.38. The zero-order valence-corrected chi connectivity index (χ0v) is 21.9. The number of alkyl halides is 3. The van der Waals surface area contributed by atoms with E-state index in [0.29, 0.717) is 6.61 Å². The fourth-order valence-corrected chi connectivity index (χ4v) is 4.54. The van der Waals surface area contributed by atoms with E-state index in [1.807, 2.05) is 13.8 Å². The number of halogens is 3. The molecule has 2 aromatic rings. The lowest BCUT2D eigenvalue weighted by atomic mass is 10.0. The van der Waals surface area contributed by atoms with Crippen molar-refractivity contribution in [3.63, 3.8) is 0 Å². The Labute approximate surface area is 212 Å². The summed E-state index contributed by atoms with van der Waals surface area (Å²) in [6, 6.07) is 9.66. The van der Waals surface area contributed by atoms with E-state index in [-0.39, 0.29) is 5.97 Å². The molecule has 5 nitrogen and oxygen atoms in total. The van der Waals surface area contributed by atoms with Gasteiger partial charge in [-0.3, -0.25) is 4.90 Å². The first-order valence-electron chi connectivity index (χ1n) is 12.5. The Morgan fingerprint density at radius 2 is 1.56 bits per heavy atom. The molecule has 1 aliphatic rings. The summed E-state index contributed by atoms with van der Waals surface area (Å²) in [4.78, 5) is 16.7. The lowest BCUT2D eigenvalue weighted by Gasteiger charge is -2.36. The van der Waals surface area contributed by atoms with E-state index in [1.54, 1.807) is 32.9 Å². The summed E-state index contributed by atoms with van der Waals surface area (Å²) >= 11 is 0. The van der Waals surface area contributed by atoms with E-state index >= 15 is 0 Å². The van der Waals surface area contributed by atoms with Crippen molar-refractivity contribution in [2.24, 2.45) is 0 Å². The normalized spacial score (nSPS) is 15.2. The number of ether oxygens (including phenoxy) is 2. The molecule has 2 aromatic carbocycles. The van der Waals surface area contributed by atoms with Crippen LogP contribution in [0.2, 0.25) is 0 Å². The first-order chi connectivity index (χ1) is 16.9. The number of hydrogen-bond donors (Lipinski definition) is 0. The fourth-order valence-electron chi connectivity index (χ4n) is 4.54. The van der Waals surface area contributed by atoms with Crippen LogP contribution in [0.3, 0.4) is 0 Å². The standard InChI is InChI=1S/C28H37F3N2O3/c1-6-35-26(34)27(4,5)36-25-20(2)18-22(19-21(25)3)8-7-13-32-14-16-33(17-15-32)24-11-9-23(10-12-24)28(29,30)31/h9-12,18-19H,6-8,13-17H2,1-5H3. The molecule has 1 heterocycles. The molecule has 1 saturated heterocycles. The Morgan fingerprint density at radius 3 is 2.08 bits per heavy atom. The maximum atomic E-state index is 12.8. The van der Waals surface area contributed by atoms with Gasteiger partial charge in [0.25, 0.3) is 0 Å². The topological polar surface area (TPSA) is 42.0 Å². The minimum atomic E-state index is -4.30. The monoisotopic (exact) mass is 506 g/mol. The summed E-state index contributed by atoms with van der Waals surface area (Å²) < 4.78 is 49.6. The Bertz CT molecular complexity index is 1000. The highest BCUT2D eigenvalue weighted by atomic mass is 19.4. The highest BCUT2D eigenvalue weighted by molar-refractivity contribution is 5.79. The summed E-state index contributed by atoms with van der Waals surface area (Å²) in [6.45, 7) is 13.8. The summed E-state index contributed by atoms with van der Waals surface area (Å²) in [5, 5.41) is 0. The van der Waals surface area contributed by atoms with E-state index in [9.17, 15) is 18.0 Å². The fraction of sp³-hybridized carbons (Fsp3) is 0.536. The number of hydrogen-bond acceptors (Lipinski definition) is 5. The van der Waals surface area contributed by atoms with Crippen molar-refractivity contribution in [2.45, 2.75) is 59.2 Å². The molecule has 0 N–H and O–H groups in total. The van der Waals surface area contributed by atoms with Crippen LogP contribution < -0.4 is 9.64 Å². The molecule has 1 fully saturated rings. The second-order valence-electron chi connectivity index (χ2n) is 9.87. The smallest absolute Gasteiger partial charge is 0.416 e. The zero-order valence-electron chi connectivity index (χ0n) is 21.9. The van der Waals surface area contributed by atoms with E-state index in [2.05, 4.69) is 21.9 Å². The molecule has 0 aliphatic carbocycles. The Morgan fingerprint density at radius 1 is 0.972 bits per heavy atom. The van der Waals surface area contributed by atoms with Crippen LogP contribution in [0.1, 0.15) is 49.4 Å². The van der Waals surface area contributed by atoms with E-state index in [1.165, 1.54) is 5.56 Å². The van der Waals surface area contributed by atoms with Crippen LogP contribution in [0.4, 0.5) is 18.9 Å². The number of anilines is 1. The Hall–Kier alpha value is -2.74. The van der Waals surface area contributed by atoms with Crippen LogP contribution >= 0.6 is 0 Å². The van der Waals surface area contributed by atoms with Gasteiger partial charge in [0.15, 0.2) is 5.60 Å². The minimum absolute atomic E-state index is 0.312. The molecule has 1 aliphatic heterocycles. The molecule has 0 unspecified atom stereocenters. The second-order valence-corrected chi connectivity index (χ2v) is 9.87. The van der Waals surface area contributed by atoms with Crippen LogP contribution in [0.5, 0.6) is 5.75 Å². The maximum absolute atomic E-state index is 12.8. The molecule has 8 heteroatoms. The van der Waals surface area contributed by atoms with Crippen molar-refractivity contribution >= 4 is 11.7 Å². The van der Waals surface area contributed by atoms with Gasteiger partial charge in [-0.1, -0.05) is 12.1 Å². The predicted octanol–water partition coefficient (Wildman–Crippen LogP) is 5.80. The van der Waals surface area contributed by atoms with Crippen molar-refractivity contribution in [1.29, 1.82) is 0 Å². The summed E-state index contributed by atoms with van der Waals surface area (Å²) in [7, 11) is 0. The predicted molar refractivity (Wildman–Crippen MR) is 136 cm³/mol. The molecule has 0 bridgehead atoms. The molecule has 0 atom stereocenters. The summed E-state index contributed by atoms with van der Waals surface area (Å²) in [6.07, 6.45) is -2.36. The van der Waals surface area contributed by atoms with Crippen molar-refractivity contribution in [3.8, 4) is 5.75 Å². The molecule has 0 aromatic heterocycles. The van der Waals surface area contributed by atoms with Gasteiger partial charge in [-0.25, -0.2) is 4.79 Å². The van der Waals surface area contributed by atoms with E-state index in [4.69, 9.17) is 9.47 Å². The third-order valence-corrected chi connectivity index (χ3v) is 6.52. The molecular weight excluding hydrogens is 469 g/mol. The number of piperazine rings is 1. The number of carbonyl (C=O) groups excluding carboxylic acids is 1. The van der Waals surface area contributed by atoms with Gasteiger partial charge in [0.1, 0.15) is 5.75 Å². The van der Waals surface area contributed by atoms with Gasteiger partial charge in [-0.15, -0.1) is 0 Å². The average Bonchev–Trinajstić information content (AvgIpc) is 2.82. The van der Waals surface area contributed by atoms with Crippen molar-refractivity contribution < 1.29 is 27.4 Å². The first kappa shape index (κ1) is 27.8. The Kier molecular flexibility index (Phi) is 8.93. The SMILES string of the molecule is CCOC(=O)C(C)(C)Oc1c(C)cc(CCCN2CCN(c3ccc(C(F)(F)F)cc3)CC2)cc1C. The lowest BCUT2D eigenvalue weighted by Crippen LogP contribution is -2.46. The lowest BCUT2D eigenvalue weighted by molar-refractivity contribution is -0.158. The maximum Gasteiger partial charge on any atom is 0.416 e. The number of esters is 1. The molecule has 0 amide bonds. The Balaban J connectivity index is 1.48. The molecule has 36 heavy (non-hydrogen) atoms. The minimum Gasteiger partial charge on any atom is -0.476 e. The van der Waals surface area contributed by atoms with Crippen LogP contribution in [0.25, 0.3) is 0 Å². The average molecular weight is 507 g/mol. The molecular formula is C28H37F3N2O3. The summed E-state index contributed by atoms with van der Waals surface area (Å²) in [5.74, 6) is 0.336. The number of nitrogens with zero attached hydrogens (tertiary/aromatic N) is 2. The molecule has 3 rings (SSSR count). The van der Waals surface area contributed by atoms with Gasteiger partial charge in [0.2, 0.25) is 0 Å². The third-order valence-electron chi connectivity index (χ3n) is 6.52. The van der Waals surface area contributed by atoms with Gasteiger partial charge in [-0.2, -0.15) is 13.2 Å². The van der Waals surface area contributed by atoms with Crippen LogP contribution in [0, 0.1) is 13.8 Å². The number of aryl methyl sites for hydroxylation is 3. The highest BCUT2D eigenvalue weighted by Crippen LogP contribution is 2.31. The number of rotatable bonds is 9. The van der Waals surface area contributed by atoms with Gasteiger partial charge in [-0.05, 0) is 95.0 Å².